The molecule has 9 atom stereocenters. The van der Waals surface area contributed by atoms with E-state index in [1.165, 1.54) is 70.6 Å². The van der Waals surface area contributed by atoms with Crippen molar-refractivity contribution in [1.29, 1.82) is 0 Å². The topological polar surface area (TPSA) is 0 Å². The third kappa shape index (κ3) is 2.52. The summed E-state index contributed by atoms with van der Waals surface area (Å²) in [5.74, 6) is 5.79. The van der Waals surface area contributed by atoms with Crippen LogP contribution in [0.25, 0.3) is 0 Å². The summed E-state index contributed by atoms with van der Waals surface area (Å²) in [4.78, 5) is 0. The molecular formula is C30H52. The largest absolute Gasteiger partial charge is 0.0625 e. The Bertz CT molecular complexity index is 688. The highest BCUT2D eigenvalue weighted by Crippen LogP contribution is 2.78. The normalized spacial score (nSPS) is 57.3. The summed E-state index contributed by atoms with van der Waals surface area (Å²) >= 11 is 0. The quantitative estimate of drug-likeness (QED) is 0.402. The van der Waals surface area contributed by atoms with E-state index in [-0.39, 0.29) is 0 Å². The third-order valence-corrected chi connectivity index (χ3v) is 13.6. The Labute approximate surface area is 188 Å². The van der Waals surface area contributed by atoms with Crippen molar-refractivity contribution in [3.63, 3.8) is 0 Å². The van der Waals surface area contributed by atoms with Gasteiger partial charge in [0.05, 0.1) is 0 Å². The van der Waals surface area contributed by atoms with Gasteiger partial charge in [0, 0.05) is 0 Å². The molecule has 0 radical (unpaired) electrons. The van der Waals surface area contributed by atoms with Crippen LogP contribution in [0.15, 0.2) is 0 Å². The summed E-state index contributed by atoms with van der Waals surface area (Å²) in [6, 6.07) is 0. The maximum Gasteiger partial charge on any atom is -0.0235 e. The molecule has 0 aromatic heterocycles. The zero-order valence-electron chi connectivity index (χ0n) is 21.7. The van der Waals surface area contributed by atoms with Crippen molar-refractivity contribution < 1.29 is 0 Å². The van der Waals surface area contributed by atoms with Gasteiger partial charge in [-0.25, -0.2) is 0 Å². The highest BCUT2D eigenvalue weighted by atomic mass is 14.7. The molecule has 0 nitrogen and oxygen atoms in total. The lowest BCUT2D eigenvalue weighted by molar-refractivity contribution is -0.241. The highest BCUT2D eigenvalue weighted by molar-refractivity contribution is 5.18. The number of hydrogen-bond acceptors (Lipinski definition) is 0. The van der Waals surface area contributed by atoms with Crippen LogP contribution < -0.4 is 0 Å². The van der Waals surface area contributed by atoms with E-state index in [4.69, 9.17) is 0 Å². The molecule has 0 aromatic carbocycles. The number of rotatable bonds is 1. The second-order valence-corrected chi connectivity index (χ2v) is 15.1. The number of fused-ring (bicyclic) bond motifs is 7. The summed E-state index contributed by atoms with van der Waals surface area (Å²) in [6.45, 7) is 21.4. The van der Waals surface area contributed by atoms with E-state index >= 15 is 0 Å². The highest BCUT2D eigenvalue weighted by Gasteiger charge is 2.70. The van der Waals surface area contributed by atoms with Gasteiger partial charge in [0.1, 0.15) is 0 Å². The fourth-order valence-electron chi connectivity index (χ4n) is 12.1. The zero-order chi connectivity index (χ0) is 21.7. The van der Waals surface area contributed by atoms with Crippen molar-refractivity contribution in [3.05, 3.63) is 0 Å². The van der Waals surface area contributed by atoms with Crippen LogP contribution in [-0.2, 0) is 0 Å². The molecule has 0 heteroatoms. The van der Waals surface area contributed by atoms with Gasteiger partial charge in [0.15, 0.2) is 0 Å². The van der Waals surface area contributed by atoms with Crippen molar-refractivity contribution in [2.24, 2.45) is 62.6 Å². The summed E-state index contributed by atoms with van der Waals surface area (Å²) in [5, 5.41) is 0. The maximum atomic E-state index is 2.81. The molecule has 5 rings (SSSR count). The van der Waals surface area contributed by atoms with E-state index in [9.17, 15) is 0 Å². The Morgan fingerprint density at radius 2 is 1.17 bits per heavy atom. The van der Waals surface area contributed by atoms with Crippen molar-refractivity contribution >= 4 is 0 Å². The fourth-order valence-corrected chi connectivity index (χ4v) is 12.1. The van der Waals surface area contributed by atoms with E-state index < -0.39 is 0 Å². The van der Waals surface area contributed by atoms with Gasteiger partial charge in [-0.2, -0.15) is 0 Å². The number of hydrogen-bond donors (Lipinski definition) is 0. The van der Waals surface area contributed by atoms with Crippen molar-refractivity contribution in [1.82, 2.24) is 0 Å². The molecule has 5 aliphatic rings. The van der Waals surface area contributed by atoms with Gasteiger partial charge in [-0.3, -0.25) is 0 Å². The van der Waals surface area contributed by atoms with Crippen LogP contribution in [0.2, 0.25) is 0 Å². The van der Waals surface area contributed by atoms with Crippen LogP contribution in [0.1, 0.15) is 126 Å². The zero-order valence-corrected chi connectivity index (χ0v) is 21.7. The average Bonchev–Trinajstić information content (AvgIpc) is 2.99. The Morgan fingerprint density at radius 1 is 0.567 bits per heavy atom. The van der Waals surface area contributed by atoms with Crippen molar-refractivity contribution in [3.8, 4) is 0 Å². The van der Waals surface area contributed by atoms with E-state index in [1.807, 2.05) is 0 Å². The molecule has 0 amide bonds. The van der Waals surface area contributed by atoms with E-state index in [0.717, 1.165) is 35.5 Å². The molecule has 0 bridgehead atoms. The molecule has 5 aliphatic carbocycles. The Morgan fingerprint density at radius 3 is 1.80 bits per heavy atom. The summed E-state index contributed by atoms with van der Waals surface area (Å²) in [7, 11) is 0. The minimum absolute atomic E-state index is 0.561. The van der Waals surface area contributed by atoms with Crippen molar-refractivity contribution in [2.45, 2.75) is 126 Å². The molecule has 1 unspecified atom stereocenters. The summed E-state index contributed by atoms with van der Waals surface area (Å²) in [6.07, 6.45) is 16.6. The first-order valence-corrected chi connectivity index (χ1v) is 13.9. The second-order valence-electron chi connectivity index (χ2n) is 15.1. The Balaban J connectivity index is 1.52. The molecule has 5 saturated carbocycles. The van der Waals surface area contributed by atoms with Crippen LogP contribution in [0.5, 0.6) is 0 Å². The molecule has 0 aromatic rings. The lowest BCUT2D eigenvalue weighted by Crippen LogP contribution is -2.65. The molecule has 0 aliphatic heterocycles. The first-order valence-electron chi connectivity index (χ1n) is 13.9. The minimum atomic E-state index is 0.561. The maximum absolute atomic E-state index is 2.81. The molecular weight excluding hydrogens is 360 g/mol. The first kappa shape index (κ1) is 21.8. The standard InChI is InChI=1S/C30H52/c1-20(2)21-12-17-27(5)22(21)13-18-29(7)24(27)10-11-25-28(6)16-9-15-26(3,4)23(28)14-19-30(25,29)8/h20-25H,9-19H2,1-8H3/t21?,22-,23+,24-,25-,27+,28+,29-,30-/m1/s1. The smallest absolute Gasteiger partial charge is 0.0235 e. The monoisotopic (exact) mass is 412 g/mol. The lowest BCUT2D eigenvalue weighted by atomic mass is 9.32. The molecule has 172 valence electrons. The molecule has 0 saturated heterocycles. The van der Waals surface area contributed by atoms with E-state index in [1.54, 1.807) is 0 Å². The predicted octanol–water partition coefficient (Wildman–Crippen LogP) is 9.13. The fraction of sp³-hybridized carbons (Fsp3) is 1.00. The van der Waals surface area contributed by atoms with Crippen LogP contribution in [0.3, 0.4) is 0 Å². The molecule has 0 N–H and O–H groups in total. The van der Waals surface area contributed by atoms with Gasteiger partial charge >= 0.3 is 0 Å². The predicted molar refractivity (Wildman–Crippen MR) is 129 cm³/mol. The van der Waals surface area contributed by atoms with Crippen LogP contribution in [-0.4, -0.2) is 0 Å². The minimum Gasteiger partial charge on any atom is -0.0625 e. The van der Waals surface area contributed by atoms with Gasteiger partial charge in [0.25, 0.3) is 0 Å². The van der Waals surface area contributed by atoms with Gasteiger partial charge in [0.2, 0.25) is 0 Å². The molecule has 30 heavy (non-hydrogen) atoms. The van der Waals surface area contributed by atoms with Crippen LogP contribution in [0, 0.1) is 62.6 Å². The third-order valence-electron chi connectivity index (χ3n) is 13.6. The van der Waals surface area contributed by atoms with Gasteiger partial charge in [-0.1, -0.05) is 61.8 Å². The average molecular weight is 413 g/mol. The van der Waals surface area contributed by atoms with Crippen molar-refractivity contribution in [2.75, 3.05) is 0 Å². The summed E-state index contributed by atoms with van der Waals surface area (Å²) < 4.78 is 0. The first-order chi connectivity index (χ1) is 13.9. The van der Waals surface area contributed by atoms with E-state index in [2.05, 4.69) is 55.4 Å². The molecule has 5 fully saturated rings. The Hall–Kier alpha value is 0. The summed E-state index contributed by atoms with van der Waals surface area (Å²) in [5.41, 5.74) is 2.92. The second kappa shape index (κ2) is 6.53. The lowest BCUT2D eigenvalue weighted by Gasteiger charge is -2.73. The van der Waals surface area contributed by atoms with Gasteiger partial charge in [-0.05, 0) is 127 Å². The van der Waals surface area contributed by atoms with Crippen LogP contribution in [0.4, 0.5) is 0 Å². The molecule has 0 spiro atoms. The SMILES string of the molecule is CC(C)C1CC[C@@]2(C)[C@@H]1CC[C@]1(C)[C@@H]2CC[C@@H]2[C@@]3(C)CCCC(C)(C)[C@@H]3CC[C@]21C. The van der Waals surface area contributed by atoms with Gasteiger partial charge < -0.3 is 0 Å². The Kier molecular flexibility index (Phi) is 4.75. The van der Waals surface area contributed by atoms with Gasteiger partial charge in [-0.15, -0.1) is 0 Å². The molecule has 0 heterocycles. The van der Waals surface area contributed by atoms with E-state index in [0.29, 0.717) is 27.1 Å². The van der Waals surface area contributed by atoms with Crippen LogP contribution >= 0.6 is 0 Å².